The van der Waals surface area contributed by atoms with Crippen molar-refractivity contribution in [3.63, 3.8) is 0 Å². The first-order valence-corrected chi connectivity index (χ1v) is 9.93. The van der Waals surface area contributed by atoms with E-state index in [9.17, 15) is 0 Å². The van der Waals surface area contributed by atoms with E-state index in [2.05, 4.69) is 41.5 Å². The van der Waals surface area contributed by atoms with Crippen LogP contribution in [0.5, 0.6) is 0 Å². The standard InChI is InChI=1S/2C6H15P.ClH.Ni/c2*1-4-7(5-2)6-3;;/h2*4-6H2,1-3H3;1H;. The van der Waals surface area contributed by atoms with Gasteiger partial charge >= 0.3 is 0 Å². The van der Waals surface area contributed by atoms with E-state index >= 15 is 0 Å². The van der Waals surface area contributed by atoms with Gasteiger partial charge in [-0.2, -0.15) is 0 Å². The summed E-state index contributed by atoms with van der Waals surface area (Å²) in [7, 11) is 0.892. The molecule has 0 saturated heterocycles. The summed E-state index contributed by atoms with van der Waals surface area (Å²) in [5, 5.41) is 0. The van der Waals surface area contributed by atoms with Gasteiger partial charge < -0.3 is 0 Å². The summed E-state index contributed by atoms with van der Waals surface area (Å²) in [6.07, 6.45) is 8.51. The molecule has 0 bridgehead atoms. The monoisotopic (exact) mass is 330 g/mol. The summed E-state index contributed by atoms with van der Waals surface area (Å²) in [6, 6.07) is 0. The maximum Gasteiger partial charge on any atom is 0 e. The second-order valence-corrected chi connectivity index (χ2v) is 9.72. The Kier molecular flexibility index (Phi) is 35.9. The summed E-state index contributed by atoms with van der Waals surface area (Å²) in [6.45, 7) is 13.7. The van der Waals surface area contributed by atoms with E-state index in [4.69, 9.17) is 0 Å². The molecule has 0 nitrogen and oxygen atoms in total. The van der Waals surface area contributed by atoms with Crippen molar-refractivity contribution in [1.29, 1.82) is 0 Å². The van der Waals surface area contributed by atoms with E-state index < -0.39 is 0 Å². The van der Waals surface area contributed by atoms with Gasteiger partial charge in [0.05, 0.1) is 0 Å². The van der Waals surface area contributed by atoms with Crippen LogP contribution in [-0.2, 0) is 16.5 Å². The minimum Gasteiger partial charge on any atom is -0.147 e. The van der Waals surface area contributed by atoms with Crippen LogP contribution in [0.15, 0.2) is 0 Å². The average Bonchev–Trinajstić information content (AvgIpc) is 2.24. The molecule has 0 rings (SSSR count). The first kappa shape index (κ1) is 26.3. The Morgan fingerprint density at radius 3 is 0.625 bits per heavy atom. The van der Waals surface area contributed by atoms with E-state index in [1.165, 1.54) is 37.0 Å². The predicted octanol–water partition coefficient (Wildman–Crippen LogP) is 5.48. The zero-order chi connectivity index (χ0) is 11.4. The van der Waals surface area contributed by atoms with Crippen LogP contribution in [0.25, 0.3) is 0 Å². The van der Waals surface area contributed by atoms with Gasteiger partial charge in [-0.3, -0.25) is 0 Å². The van der Waals surface area contributed by atoms with Gasteiger partial charge in [-0.25, -0.2) is 0 Å². The van der Waals surface area contributed by atoms with Gasteiger partial charge in [-0.1, -0.05) is 41.5 Å². The maximum atomic E-state index is 2.29. The van der Waals surface area contributed by atoms with E-state index in [0.717, 1.165) is 0 Å². The van der Waals surface area contributed by atoms with Gasteiger partial charge in [0.1, 0.15) is 0 Å². The molecule has 0 spiro atoms. The number of hydrogen-bond donors (Lipinski definition) is 0. The van der Waals surface area contributed by atoms with E-state index in [1.54, 1.807) is 0 Å². The van der Waals surface area contributed by atoms with Gasteiger partial charge in [0.2, 0.25) is 0 Å². The van der Waals surface area contributed by atoms with Crippen LogP contribution in [0, 0.1) is 0 Å². The Hall–Kier alpha value is 1.64. The van der Waals surface area contributed by atoms with Crippen LogP contribution in [-0.4, -0.2) is 37.0 Å². The molecule has 0 unspecified atom stereocenters. The SMILES string of the molecule is CCP(CC)CC.CCP(CC)CC.Cl.[Ni]. The molecule has 0 N–H and O–H groups in total. The first-order valence-electron chi connectivity index (χ1n) is 6.14. The molecule has 0 amide bonds. The smallest absolute Gasteiger partial charge is 0 e. The van der Waals surface area contributed by atoms with Crippen LogP contribution in [0.1, 0.15) is 41.5 Å². The fourth-order valence-corrected chi connectivity index (χ4v) is 4.02. The fourth-order valence-electron chi connectivity index (χ4n) is 1.34. The Balaban J connectivity index is -0.0000000800. The molecule has 0 atom stereocenters. The van der Waals surface area contributed by atoms with Crippen molar-refractivity contribution in [3.05, 3.63) is 0 Å². The minimum absolute atomic E-state index is 0. The Morgan fingerprint density at radius 1 is 0.500 bits per heavy atom. The van der Waals surface area contributed by atoms with Crippen molar-refractivity contribution in [2.75, 3.05) is 37.0 Å². The normalized spacial score (nSPS) is 9.00. The predicted molar refractivity (Wildman–Crippen MR) is 84.3 cm³/mol. The molecule has 106 valence electrons. The van der Waals surface area contributed by atoms with E-state index in [-0.39, 0.29) is 28.9 Å². The molecule has 0 aromatic rings. The minimum atomic E-state index is 0. The van der Waals surface area contributed by atoms with Crippen LogP contribution >= 0.6 is 28.3 Å². The second-order valence-electron chi connectivity index (χ2n) is 3.24. The van der Waals surface area contributed by atoms with Crippen molar-refractivity contribution < 1.29 is 16.5 Å². The van der Waals surface area contributed by atoms with Gasteiger partial charge in [-0.15, -0.1) is 28.3 Å². The fraction of sp³-hybridized carbons (Fsp3) is 1.00. The van der Waals surface area contributed by atoms with E-state index in [0.29, 0.717) is 15.8 Å². The summed E-state index contributed by atoms with van der Waals surface area (Å²) in [5.41, 5.74) is 0. The molecule has 0 aliphatic carbocycles. The quantitative estimate of drug-likeness (QED) is 0.447. The Labute approximate surface area is 123 Å². The third-order valence-electron chi connectivity index (χ3n) is 2.68. The zero-order valence-electron chi connectivity index (χ0n) is 11.9. The second kappa shape index (κ2) is 21.9. The Bertz CT molecular complexity index is 74.0. The molecule has 0 heterocycles. The molecule has 0 aromatic heterocycles. The number of rotatable bonds is 6. The molecule has 0 saturated carbocycles. The molecule has 0 fully saturated rings. The first-order chi connectivity index (χ1) is 6.69. The van der Waals surface area contributed by atoms with Crippen LogP contribution in [0.2, 0.25) is 0 Å². The van der Waals surface area contributed by atoms with Gasteiger partial charge in [-0.05, 0) is 37.0 Å². The molecule has 0 aliphatic heterocycles. The molecular formula is C12H31ClNiP2. The summed E-state index contributed by atoms with van der Waals surface area (Å²) in [5.74, 6) is 0. The summed E-state index contributed by atoms with van der Waals surface area (Å²) >= 11 is 0. The molecule has 16 heavy (non-hydrogen) atoms. The van der Waals surface area contributed by atoms with Crippen LogP contribution in [0.3, 0.4) is 0 Å². The third kappa shape index (κ3) is 18.0. The van der Waals surface area contributed by atoms with E-state index in [1.807, 2.05) is 0 Å². The van der Waals surface area contributed by atoms with Gasteiger partial charge in [0.15, 0.2) is 0 Å². The molecule has 0 radical (unpaired) electrons. The Morgan fingerprint density at radius 2 is 0.625 bits per heavy atom. The summed E-state index contributed by atoms with van der Waals surface area (Å²) in [4.78, 5) is 0. The third-order valence-corrected chi connectivity index (χ3v) is 8.05. The molecular weight excluding hydrogens is 300 g/mol. The summed E-state index contributed by atoms with van der Waals surface area (Å²) < 4.78 is 0. The topological polar surface area (TPSA) is 0 Å². The molecule has 0 aromatic carbocycles. The zero-order valence-corrected chi connectivity index (χ0v) is 15.5. The number of halogens is 1. The molecule has 4 heteroatoms. The average molecular weight is 331 g/mol. The van der Waals surface area contributed by atoms with Gasteiger partial charge in [0, 0.05) is 16.5 Å². The van der Waals surface area contributed by atoms with Crippen LogP contribution in [0.4, 0.5) is 0 Å². The maximum absolute atomic E-state index is 2.29. The molecule has 0 aliphatic rings. The van der Waals surface area contributed by atoms with Crippen LogP contribution < -0.4 is 0 Å². The van der Waals surface area contributed by atoms with Crippen molar-refractivity contribution in [1.82, 2.24) is 0 Å². The largest absolute Gasteiger partial charge is 0.147 e. The van der Waals surface area contributed by atoms with Crippen molar-refractivity contribution >= 4 is 28.3 Å². The number of hydrogen-bond acceptors (Lipinski definition) is 0. The van der Waals surface area contributed by atoms with Crippen molar-refractivity contribution in [2.45, 2.75) is 41.5 Å². The van der Waals surface area contributed by atoms with Crippen molar-refractivity contribution in [3.8, 4) is 0 Å². The van der Waals surface area contributed by atoms with Gasteiger partial charge in [0.25, 0.3) is 0 Å². The van der Waals surface area contributed by atoms with Crippen molar-refractivity contribution in [2.24, 2.45) is 0 Å².